The van der Waals surface area contributed by atoms with Gasteiger partial charge in [-0.2, -0.15) is 0 Å². The number of hydrogen-bond acceptors (Lipinski definition) is 8. The molecule has 0 saturated carbocycles. The van der Waals surface area contributed by atoms with E-state index in [0.29, 0.717) is 19.5 Å². The zero-order valence-electron chi connectivity index (χ0n) is 16.1. The first-order chi connectivity index (χ1) is 12.7. The van der Waals surface area contributed by atoms with E-state index < -0.39 is 40.9 Å². The fourth-order valence-electron chi connectivity index (χ4n) is 3.99. The van der Waals surface area contributed by atoms with Crippen LogP contribution in [0, 0.1) is 11.3 Å². The van der Waals surface area contributed by atoms with Crippen LogP contribution in [0.5, 0.6) is 0 Å². The molecule has 3 aliphatic rings. The van der Waals surface area contributed by atoms with Gasteiger partial charge in [-0.1, -0.05) is 19.9 Å². The molecule has 4 atom stereocenters. The molecule has 148 valence electrons. The highest BCUT2D eigenvalue weighted by molar-refractivity contribution is 6.07. The lowest BCUT2D eigenvalue weighted by Crippen LogP contribution is -2.48. The van der Waals surface area contributed by atoms with Gasteiger partial charge in [-0.25, -0.2) is 4.79 Å². The van der Waals surface area contributed by atoms with E-state index in [1.54, 1.807) is 19.9 Å². The molecule has 0 N–H and O–H groups in total. The molecule has 3 aliphatic heterocycles. The van der Waals surface area contributed by atoms with Crippen LogP contribution in [0.4, 0.5) is 0 Å². The Morgan fingerprint density at radius 1 is 1.19 bits per heavy atom. The summed E-state index contributed by atoms with van der Waals surface area (Å²) in [7, 11) is 1.88. The molecule has 0 aromatic heterocycles. The third-order valence-corrected chi connectivity index (χ3v) is 6.20. The number of ether oxygens (including phenoxy) is 3. The summed E-state index contributed by atoms with van der Waals surface area (Å²) in [5.41, 5.74) is -2.98. The second kappa shape index (κ2) is 6.74. The Morgan fingerprint density at radius 2 is 1.89 bits per heavy atom. The van der Waals surface area contributed by atoms with E-state index in [2.05, 4.69) is 0 Å². The number of carbonyl (C=O) groups excluding carboxylic acids is 4. The molecule has 0 spiro atoms. The smallest absolute Gasteiger partial charge is 0.350 e. The Morgan fingerprint density at radius 3 is 2.56 bits per heavy atom. The van der Waals surface area contributed by atoms with Gasteiger partial charge in [-0.3, -0.25) is 14.4 Å². The molecular weight excluding hydrogens is 354 g/mol. The standard InChI is InChI=1S/C19H25NO7/c1-5-19-11(2)18(3,27-17(19)24)15(22)25-10-12-6-8-20(4)9-7-13(14(12)21)26-16(19)23/h6,11,13H,5,7-10H2,1-4H3/b12-6-/t11-,13+,18+,19-/m1/s1. The lowest BCUT2D eigenvalue weighted by Gasteiger charge is -2.31. The molecule has 0 aromatic rings. The zero-order chi connectivity index (χ0) is 20.0. The monoisotopic (exact) mass is 379 g/mol. The minimum atomic E-state index is -1.64. The van der Waals surface area contributed by atoms with Crippen molar-refractivity contribution in [2.75, 3.05) is 26.7 Å². The van der Waals surface area contributed by atoms with Gasteiger partial charge in [0.2, 0.25) is 11.4 Å². The van der Waals surface area contributed by atoms with Crippen LogP contribution in [0.25, 0.3) is 0 Å². The number of hydrogen-bond donors (Lipinski definition) is 0. The van der Waals surface area contributed by atoms with Gasteiger partial charge in [-0.15, -0.1) is 0 Å². The van der Waals surface area contributed by atoms with Crippen LogP contribution in [0.1, 0.15) is 33.6 Å². The van der Waals surface area contributed by atoms with E-state index in [1.807, 2.05) is 11.9 Å². The highest BCUT2D eigenvalue weighted by Crippen LogP contribution is 2.50. The van der Waals surface area contributed by atoms with E-state index in [-0.39, 0.29) is 24.4 Å². The van der Waals surface area contributed by atoms with E-state index in [9.17, 15) is 19.2 Å². The summed E-state index contributed by atoms with van der Waals surface area (Å²) in [6.07, 6.45) is 1.04. The summed E-state index contributed by atoms with van der Waals surface area (Å²) in [5, 5.41) is 0. The van der Waals surface area contributed by atoms with Crippen LogP contribution in [0.15, 0.2) is 11.6 Å². The molecule has 8 heteroatoms. The van der Waals surface area contributed by atoms with Gasteiger partial charge in [0.25, 0.3) is 0 Å². The molecule has 0 amide bonds. The molecule has 0 aromatic carbocycles. The van der Waals surface area contributed by atoms with Crippen molar-refractivity contribution in [2.24, 2.45) is 11.3 Å². The van der Waals surface area contributed by atoms with Crippen molar-refractivity contribution in [2.45, 2.75) is 45.3 Å². The van der Waals surface area contributed by atoms with Gasteiger partial charge in [0, 0.05) is 31.0 Å². The highest BCUT2D eigenvalue weighted by Gasteiger charge is 2.68. The van der Waals surface area contributed by atoms with Crippen LogP contribution in [-0.2, 0) is 33.4 Å². The predicted octanol–water partition coefficient (Wildman–Crippen LogP) is 0.634. The Balaban J connectivity index is 2.10. The summed E-state index contributed by atoms with van der Waals surface area (Å²) in [5.74, 6) is -3.58. The molecule has 27 heavy (non-hydrogen) atoms. The summed E-state index contributed by atoms with van der Waals surface area (Å²) in [6.45, 7) is 5.52. The van der Waals surface area contributed by atoms with E-state index in [1.165, 1.54) is 6.92 Å². The molecule has 0 aliphatic carbocycles. The van der Waals surface area contributed by atoms with Crippen LogP contribution >= 0.6 is 0 Å². The molecule has 4 bridgehead atoms. The number of ketones is 1. The number of rotatable bonds is 1. The molecular formula is C19H25NO7. The van der Waals surface area contributed by atoms with Gasteiger partial charge >= 0.3 is 17.9 Å². The van der Waals surface area contributed by atoms with Crippen LogP contribution in [0.3, 0.4) is 0 Å². The summed E-state index contributed by atoms with van der Waals surface area (Å²) in [6, 6.07) is 0. The van der Waals surface area contributed by atoms with Crippen LogP contribution in [-0.4, -0.2) is 67.0 Å². The molecule has 3 rings (SSSR count). The molecule has 0 radical (unpaired) electrons. The van der Waals surface area contributed by atoms with E-state index in [4.69, 9.17) is 14.2 Å². The number of likely N-dealkylation sites (N-methyl/N-ethyl adjacent to an activating group) is 1. The molecule has 0 unspecified atom stereocenters. The summed E-state index contributed by atoms with van der Waals surface area (Å²) >= 11 is 0. The number of esters is 3. The van der Waals surface area contributed by atoms with Gasteiger partial charge in [-0.05, 0) is 20.4 Å². The minimum Gasteiger partial charge on any atom is -0.458 e. The van der Waals surface area contributed by atoms with Crippen molar-refractivity contribution in [3.05, 3.63) is 11.6 Å². The van der Waals surface area contributed by atoms with Gasteiger partial charge in [0.15, 0.2) is 11.5 Å². The lowest BCUT2D eigenvalue weighted by atomic mass is 9.69. The van der Waals surface area contributed by atoms with Gasteiger partial charge in [0.05, 0.1) is 0 Å². The first-order valence-corrected chi connectivity index (χ1v) is 9.20. The molecule has 2 fully saturated rings. The Bertz CT molecular complexity index is 730. The van der Waals surface area contributed by atoms with Crippen molar-refractivity contribution in [1.29, 1.82) is 0 Å². The number of nitrogens with zero attached hydrogens (tertiary/aromatic N) is 1. The SMILES string of the molecule is CC[C@@]12C(=O)O[C@H]3CCN(C)C/C=C(/COC(=O)[C@@](C)(OC1=O)[C@H]2C)C3=O. The van der Waals surface area contributed by atoms with Crippen molar-refractivity contribution in [3.8, 4) is 0 Å². The average Bonchev–Trinajstić information content (AvgIpc) is 2.83. The van der Waals surface area contributed by atoms with Crippen molar-refractivity contribution in [3.63, 3.8) is 0 Å². The fraction of sp³-hybridized carbons (Fsp3) is 0.684. The topological polar surface area (TPSA) is 99.2 Å². The maximum absolute atomic E-state index is 13.1. The quantitative estimate of drug-likeness (QED) is 0.372. The third kappa shape index (κ3) is 2.86. The first kappa shape index (κ1) is 19.5. The van der Waals surface area contributed by atoms with Crippen LogP contribution in [0.2, 0.25) is 0 Å². The van der Waals surface area contributed by atoms with Crippen LogP contribution < -0.4 is 0 Å². The Hall–Kier alpha value is -2.22. The van der Waals surface area contributed by atoms with E-state index in [0.717, 1.165) is 0 Å². The normalized spacial score (nSPS) is 39.9. The first-order valence-electron chi connectivity index (χ1n) is 9.20. The summed E-state index contributed by atoms with van der Waals surface area (Å²) < 4.78 is 16.3. The Kier molecular flexibility index (Phi) is 4.88. The van der Waals surface area contributed by atoms with Crippen molar-refractivity contribution < 1.29 is 33.4 Å². The average molecular weight is 379 g/mol. The highest BCUT2D eigenvalue weighted by atomic mass is 16.6. The predicted molar refractivity (Wildman–Crippen MR) is 92.4 cm³/mol. The minimum absolute atomic E-state index is 0.0954. The molecule has 3 heterocycles. The Labute approximate surface area is 157 Å². The number of cyclic esters (lactones) is 1. The maximum atomic E-state index is 13.1. The van der Waals surface area contributed by atoms with Gasteiger partial charge < -0.3 is 19.1 Å². The van der Waals surface area contributed by atoms with Crippen molar-refractivity contribution >= 4 is 23.7 Å². The molecule has 8 nitrogen and oxygen atoms in total. The number of fused-ring (bicyclic) bond motifs is 4. The molecule has 2 saturated heterocycles. The number of Topliss-reactive ketones (excluding diaryl/α,β-unsaturated/α-hetero) is 1. The zero-order valence-corrected chi connectivity index (χ0v) is 16.1. The maximum Gasteiger partial charge on any atom is 0.350 e. The second-order valence-electron chi connectivity index (χ2n) is 7.66. The van der Waals surface area contributed by atoms with Gasteiger partial charge in [0.1, 0.15) is 6.61 Å². The summed E-state index contributed by atoms with van der Waals surface area (Å²) in [4.78, 5) is 53.3. The van der Waals surface area contributed by atoms with E-state index >= 15 is 0 Å². The third-order valence-electron chi connectivity index (χ3n) is 6.20. The second-order valence-corrected chi connectivity index (χ2v) is 7.66. The lowest BCUT2D eigenvalue weighted by molar-refractivity contribution is -0.177. The largest absolute Gasteiger partial charge is 0.458 e. The van der Waals surface area contributed by atoms with Crippen molar-refractivity contribution in [1.82, 2.24) is 4.90 Å². The fourth-order valence-corrected chi connectivity index (χ4v) is 3.99. The number of carbonyl (C=O) groups is 4.